The van der Waals surface area contributed by atoms with Crippen LogP contribution >= 0.6 is 12.4 Å². The van der Waals surface area contributed by atoms with Crippen LogP contribution in [0.5, 0.6) is 0 Å². The molecule has 1 amide bonds. The lowest BCUT2D eigenvalue weighted by Gasteiger charge is -2.04. The van der Waals surface area contributed by atoms with E-state index in [1.165, 1.54) is 5.56 Å². The van der Waals surface area contributed by atoms with Crippen molar-refractivity contribution in [3.05, 3.63) is 35.1 Å². The fourth-order valence-electron chi connectivity index (χ4n) is 2.09. The first-order chi connectivity index (χ1) is 9.13. The zero-order chi connectivity index (χ0) is 13.8. The highest BCUT2D eigenvalue weighted by molar-refractivity contribution is 5.89. The summed E-state index contributed by atoms with van der Waals surface area (Å²) in [5.74, 6) is 0.0242. The van der Waals surface area contributed by atoms with Gasteiger partial charge in [-0.3, -0.25) is 4.79 Å². The molecule has 0 fully saturated rings. The van der Waals surface area contributed by atoms with Crippen molar-refractivity contribution in [3.63, 3.8) is 0 Å². The van der Waals surface area contributed by atoms with Crippen molar-refractivity contribution in [1.82, 2.24) is 10.6 Å². The highest BCUT2D eigenvalue weighted by Crippen LogP contribution is 2.26. The van der Waals surface area contributed by atoms with Gasteiger partial charge in [0.25, 0.3) is 0 Å². The van der Waals surface area contributed by atoms with Crippen molar-refractivity contribution >= 4 is 29.3 Å². The van der Waals surface area contributed by atoms with Crippen molar-refractivity contribution in [2.75, 3.05) is 20.1 Å². The summed E-state index contributed by atoms with van der Waals surface area (Å²) >= 11 is 0. The van der Waals surface area contributed by atoms with E-state index in [1.54, 1.807) is 6.26 Å². The van der Waals surface area contributed by atoms with Crippen LogP contribution in [-0.4, -0.2) is 26.0 Å². The van der Waals surface area contributed by atoms with Crippen LogP contribution < -0.4 is 10.6 Å². The predicted octanol–water partition coefficient (Wildman–Crippen LogP) is 2.35. The summed E-state index contributed by atoms with van der Waals surface area (Å²) in [6.45, 7) is 5.51. The van der Waals surface area contributed by atoms with Gasteiger partial charge in [-0.05, 0) is 32.0 Å². The van der Waals surface area contributed by atoms with E-state index in [0.717, 1.165) is 28.6 Å². The fraction of sp³-hybridized carbons (Fsp3) is 0.400. The van der Waals surface area contributed by atoms with Gasteiger partial charge < -0.3 is 15.1 Å². The van der Waals surface area contributed by atoms with Gasteiger partial charge in [0, 0.05) is 24.0 Å². The number of likely N-dealkylation sites (N-methyl/N-ethyl adjacent to an activating group) is 1. The minimum atomic E-state index is 0. The second-order valence-corrected chi connectivity index (χ2v) is 4.78. The molecule has 0 radical (unpaired) electrons. The Morgan fingerprint density at radius 2 is 2.00 bits per heavy atom. The van der Waals surface area contributed by atoms with Crippen LogP contribution in [0.2, 0.25) is 0 Å². The molecule has 0 unspecified atom stereocenters. The summed E-state index contributed by atoms with van der Waals surface area (Å²) in [6, 6.07) is 4.09. The Morgan fingerprint density at radius 1 is 1.25 bits per heavy atom. The number of rotatable bonds is 5. The summed E-state index contributed by atoms with van der Waals surface area (Å²) in [6.07, 6.45) is 2.05. The van der Waals surface area contributed by atoms with Gasteiger partial charge >= 0.3 is 0 Å². The van der Waals surface area contributed by atoms with E-state index < -0.39 is 0 Å². The van der Waals surface area contributed by atoms with Crippen molar-refractivity contribution in [2.45, 2.75) is 20.3 Å². The lowest BCUT2D eigenvalue weighted by atomic mass is 10.0. The molecule has 0 saturated carbocycles. The number of carbonyl (C=O) groups excluding carboxylic acids is 1. The van der Waals surface area contributed by atoms with Gasteiger partial charge in [0.2, 0.25) is 5.91 Å². The van der Waals surface area contributed by atoms with E-state index >= 15 is 0 Å². The third-order valence-electron chi connectivity index (χ3n) is 3.39. The first-order valence-corrected chi connectivity index (χ1v) is 6.51. The molecule has 0 spiro atoms. The number of furan rings is 1. The van der Waals surface area contributed by atoms with Gasteiger partial charge in [-0.15, -0.1) is 12.4 Å². The van der Waals surface area contributed by atoms with Crippen molar-refractivity contribution in [3.8, 4) is 0 Å². The van der Waals surface area contributed by atoms with Crippen LogP contribution in [0, 0.1) is 13.8 Å². The number of halogens is 1. The molecule has 0 bridgehead atoms. The second-order valence-electron chi connectivity index (χ2n) is 4.78. The molecule has 0 aliphatic rings. The Bertz CT molecular complexity index is 593. The molecule has 0 aliphatic heterocycles. The predicted molar refractivity (Wildman–Crippen MR) is 83.6 cm³/mol. The SMILES string of the molecule is CNCCNC(=O)Cc1coc2c(C)c(C)ccc12.Cl. The summed E-state index contributed by atoms with van der Waals surface area (Å²) in [5, 5.41) is 6.90. The average molecular weight is 297 g/mol. The van der Waals surface area contributed by atoms with Crippen LogP contribution in [0.15, 0.2) is 22.8 Å². The van der Waals surface area contributed by atoms with Crippen molar-refractivity contribution in [1.29, 1.82) is 0 Å². The summed E-state index contributed by atoms with van der Waals surface area (Å²) in [7, 11) is 1.86. The maximum absolute atomic E-state index is 11.8. The molecule has 4 nitrogen and oxygen atoms in total. The van der Waals surface area contributed by atoms with Gasteiger partial charge in [0.05, 0.1) is 12.7 Å². The normalized spacial score (nSPS) is 10.3. The molecule has 0 atom stereocenters. The van der Waals surface area contributed by atoms with E-state index in [1.807, 2.05) is 20.0 Å². The Labute approximate surface area is 125 Å². The molecule has 2 N–H and O–H groups in total. The molecule has 5 heteroatoms. The van der Waals surface area contributed by atoms with E-state index in [-0.39, 0.29) is 18.3 Å². The Hall–Kier alpha value is -1.52. The maximum atomic E-state index is 11.8. The van der Waals surface area contributed by atoms with Crippen LogP contribution in [0.4, 0.5) is 0 Å². The van der Waals surface area contributed by atoms with Gasteiger partial charge in [-0.2, -0.15) is 0 Å². The zero-order valence-electron chi connectivity index (χ0n) is 12.1. The summed E-state index contributed by atoms with van der Waals surface area (Å²) < 4.78 is 5.59. The number of nitrogens with one attached hydrogen (secondary N) is 2. The van der Waals surface area contributed by atoms with E-state index in [9.17, 15) is 4.79 Å². The van der Waals surface area contributed by atoms with Crippen molar-refractivity contribution < 1.29 is 9.21 Å². The molecule has 1 aromatic heterocycles. The largest absolute Gasteiger partial charge is 0.464 e. The smallest absolute Gasteiger partial charge is 0.224 e. The summed E-state index contributed by atoms with van der Waals surface area (Å²) in [4.78, 5) is 11.8. The molecule has 1 heterocycles. The maximum Gasteiger partial charge on any atom is 0.224 e. The lowest BCUT2D eigenvalue weighted by Crippen LogP contribution is -2.31. The molecular weight excluding hydrogens is 276 g/mol. The monoisotopic (exact) mass is 296 g/mol. The molecule has 110 valence electrons. The zero-order valence-corrected chi connectivity index (χ0v) is 12.9. The minimum Gasteiger partial charge on any atom is -0.464 e. The van der Waals surface area contributed by atoms with E-state index in [2.05, 4.69) is 23.6 Å². The van der Waals surface area contributed by atoms with E-state index in [0.29, 0.717) is 13.0 Å². The fourth-order valence-corrected chi connectivity index (χ4v) is 2.09. The molecule has 0 aliphatic carbocycles. The number of hydrogen-bond donors (Lipinski definition) is 2. The number of carbonyl (C=O) groups is 1. The third-order valence-corrected chi connectivity index (χ3v) is 3.39. The molecule has 20 heavy (non-hydrogen) atoms. The number of aryl methyl sites for hydroxylation is 2. The molecule has 2 aromatic rings. The van der Waals surface area contributed by atoms with Crippen LogP contribution in [0.3, 0.4) is 0 Å². The topological polar surface area (TPSA) is 54.3 Å². The van der Waals surface area contributed by atoms with Crippen LogP contribution in [0.25, 0.3) is 11.0 Å². The van der Waals surface area contributed by atoms with Gasteiger partial charge in [-0.25, -0.2) is 0 Å². The summed E-state index contributed by atoms with van der Waals surface area (Å²) in [5.41, 5.74) is 4.17. The highest BCUT2D eigenvalue weighted by atomic mass is 35.5. The van der Waals surface area contributed by atoms with Gasteiger partial charge in [0.15, 0.2) is 0 Å². The number of benzene rings is 1. The molecule has 0 saturated heterocycles. The Kier molecular flexibility index (Phi) is 6.05. The highest BCUT2D eigenvalue weighted by Gasteiger charge is 2.12. The average Bonchev–Trinajstić information content (AvgIpc) is 2.78. The van der Waals surface area contributed by atoms with E-state index in [4.69, 9.17) is 4.42 Å². The first-order valence-electron chi connectivity index (χ1n) is 6.51. The molecule has 1 aromatic carbocycles. The number of hydrogen-bond acceptors (Lipinski definition) is 3. The number of amides is 1. The number of fused-ring (bicyclic) bond motifs is 1. The Morgan fingerprint density at radius 3 is 2.70 bits per heavy atom. The molecular formula is C15H21ClN2O2. The van der Waals surface area contributed by atoms with Crippen LogP contribution in [-0.2, 0) is 11.2 Å². The molecule has 2 rings (SSSR count). The van der Waals surface area contributed by atoms with Crippen molar-refractivity contribution in [2.24, 2.45) is 0 Å². The lowest BCUT2D eigenvalue weighted by molar-refractivity contribution is -0.120. The van der Waals surface area contributed by atoms with Gasteiger partial charge in [-0.1, -0.05) is 12.1 Å². The third kappa shape index (κ3) is 3.52. The minimum absolute atomic E-state index is 0. The van der Waals surface area contributed by atoms with Gasteiger partial charge in [0.1, 0.15) is 5.58 Å². The first kappa shape index (κ1) is 16.5. The second kappa shape index (κ2) is 7.31. The quantitative estimate of drug-likeness (QED) is 0.833. The standard InChI is InChI=1S/C15H20N2O2.ClH/c1-10-4-5-13-12(9-19-15(13)11(10)2)8-14(18)17-7-6-16-3;/h4-5,9,16H,6-8H2,1-3H3,(H,17,18);1H. The van der Waals surface area contributed by atoms with Crippen LogP contribution in [0.1, 0.15) is 16.7 Å². The Balaban J connectivity index is 0.00000200.